The van der Waals surface area contributed by atoms with Crippen LogP contribution in [-0.4, -0.2) is 45.2 Å². The standard InChI is InChI=1S/C15H22N4S2.2ClH/c1-15(2)9-19-10(8-21-14(19)18-15)7-20-13-16-11-5-3-4-6-12(11)17-13;;/h8,11-12H,3-7,9H2,1-2H3,(H,16,17);2*1H/t11-,12-;;/m0../s1. The maximum absolute atomic E-state index is 4.87. The highest BCUT2D eigenvalue weighted by Crippen LogP contribution is 2.37. The van der Waals surface area contributed by atoms with Gasteiger partial charge in [-0.3, -0.25) is 9.98 Å². The third kappa shape index (κ3) is 3.97. The predicted molar refractivity (Wildman–Crippen MR) is 107 cm³/mol. The largest absolute Gasteiger partial charge is 0.360 e. The van der Waals surface area contributed by atoms with E-state index < -0.39 is 0 Å². The van der Waals surface area contributed by atoms with E-state index in [1.165, 1.54) is 36.5 Å². The first kappa shape index (κ1) is 19.3. The highest BCUT2D eigenvalue weighted by molar-refractivity contribution is 8.17. The Morgan fingerprint density at radius 3 is 2.91 bits per heavy atom. The summed E-state index contributed by atoms with van der Waals surface area (Å²) in [5.74, 6) is 0.993. The fourth-order valence-electron chi connectivity index (χ4n) is 3.42. The van der Waals surface area contributed by atoms with Gasteiger partial charge in [-0.2, -0.15) is 0 Å². The number of halogens is 2. The summed E-state index contributed by atoms with van der Waals surface area (Å²) >= 11 is 3.62. The van der Waals surface area contributed by atoms with Crippen molar-refractivity contribution in [3.63, 3.8) is 0 Å². The lowest BCUT2D eigenvalue weighted by Gasteiger charge is -2.23. The van der Waals surface area contributed by atoms with Crippen LogP contribution in [0.1, 0.15) is 39.5 Å². The summed E-state index contributed by atoms with van der Waals surface area (Å²) in [5, 5.41) is 8.20. The molecule has 0 aromatic carbocycles. The molecular formula is C15H24Cl2N4S2. The Hall–Kier alpha value is -0.0400. The van der Waals surface area contributed by atoms with Gasteiger partial charge < -0.3 is 10.2 Å². The molecule has 130 valence electrons. The van der Waals surface area contributed by atoms with Crippen molar-refractivity contribution in [1.82, 2.24) is 10.2 Å². The zero-order valence-corrected chi connectivity index (χ0v) is 16.7. The molecule has 2 atom stereocenters. The number of thioether (sulfide) groups is 2. The molecule has 0 spiro atoms. The van der Waals surface area contributed by atoms with Gasteiger partial charge in [-0.25, -0.2) is 0 Å². The van der Waals surface area contributed by atoms with E-state index >= 15 is 0 Å². The van der Waals surface area contributed by atoms with Crippen LogP contribution < -0.4 is 5.32 Å². The van der Waals surface area contributed by atoms with Crippen molar-refractivity contribution in [3.05, 3.63) is 11.1 Å². The van der Waals surface area contributed by atoms with Gasteiger partial charge in [0.25, 0.3) is 0 Å². The van der Waals surface area contributed by atoms with Gasteiger partial charge in [0.05, 0.1) is 17.6 Å². The molecular weight excluding hydrogens is 371 g/mol. The summed E-state index contributed by atoms with van der Waals surface area (Å²) in [6.07, 6.45) is 5.24. The Balaban J connectivity index is 0.000000960. The summed E-state index contributed by atoms with van der Waals surface area (Å²) < 4.78 is 0. The topological polar surface area (TPSA) is 40.0 Å². The van der Waals surface area contributed by atoms with Crippen LogP contribution in [0.5, 0.6) is 0 Å². The van der Waals surface area contributed by atoms with Crippen molar-refractivity contribution in [2.24, 2.45) is 9.98 Å². The van der Waals surface area contributed by atoms with Crippen LogP contribution in [0.2, 0.25) is 0 Å². The molecule has 0 unspecified atom stereocenters. The zero-order chi connectivity index (χ0) is 14.4. The molecule has 0 radical (unpaired) electrons. The van der Waals surface area contributed by atoms with Crippen LogP contribution >= 0.6 is 48.3 Å². The zero-order valence-electron chi connectivity index (χ0n) is 13.4. The molecule has 0 aromatic rings. The number of rotatable bonds is 2. The molecule has 0 bridgehead atoms. The van der Waals surface area contributed by atoms with Gasteiger partial charge in [-0.1, -0.05) is 36.4 Å². The summed E-state index contributed by atoms with van der Waals surface area (Å²) in [7, 11) is 0. The summed E-state index contributed by atoms with van der Waals surface area (Å²) in [4.78, 5) is 12.0. The summed E-state index contributed by atoms with van der Waals surface area (Å²) in [5.41, 5.74) is 1.44. The molecule has 0 saturated heterocycles. The van der Waals surface area contributed by atoms with E-state index in [1.807, 2.05) is 11.8 Å². The van der Waals surface area contributed by atoms with Crippen LogP contribution in [0.25, 0.3) is 0 Å². The lowest BCUT2D eigenvalue weighted by Crippen LogP contribution is -2.36. The molecule has 0 amide bonds. The third-order valence-corrected chi connectivity index (χ3v) is 6.35. The normalized spacial score (nSPS) is 30.2. The summed E-state index contributed by atoms with van der Waals surface area (Å²) in [6.45, 7) is 5.42. The van der Waals surface area contributed by atoms with E-state index in [0.29, 0.717) is 12.1 Å². The van der Waals surface area contributed by atoms with Gasteiger partial charge in [0.1, 0.15) is 0 Å². The SMILES string of the molecule is CC1(C)CN2C(CSC3=N[C@H]4CCCC[C@@H]4N3)=CSC2=N1.Cl.Cl. The first-order chi connectivity index (χ1) is 10.1. The molecule has 8 heteroatoms. The molecule has 4 nitrogen and oxygen atoms in total. The maximum atomic E-state index is 4.87. The Morgan fingerprint density at radius 1 is 1.35 bits per heavy atom. The molecule has 1 saturated carbocycles. The van der Waals surface area contributed by atoms with Crippen molar-refractivity contribution in [2.75, 3.05) is 12.3 Å². The molecule has 4 rings (SSSR count). The number of amidine groups is 2. The fourth-order valence-corrected chi connectivity index (χ4v) is 5.56. The van der Waals surface area contributed by atoms with Crippen molar-refractivity contribution >= 4 is 58.7 Å². The summed E-state index contributed by atoms with van der Waals surface area (Å²) in [6, 6.07) is 1.15. The van der Waals surface area contributed by atoms with Crippen molar-refractivity contribution in [2.45, 2.75) is 57.2 Å². The second kappa shape index (κ2) is 7.46. The number of hydrogen-bond acceptors (Lipinski definition) is 6. The Labute approximate surface area is 159 Å². The molecule has 1 N–H and O–H groups in total. The minimum Gasteiger partial charge on any atom is -0.360 e. The first-order valence-corrected chi connectivity index (χ1v) is 9.67. The average molecular weight is 395 g/mol. The third-order valence-electron chi connectivity index (χ3n) is 4.50. The highest BCUT2D eigenvalue weighted by atomic mass is 35.5. The van der Waals surface area contributed by atoms with Crippen molar-refractivity contribution in [1.29, 1.82) is 0 Å². The Kier molecular flexibility index (Phi) is 6.26. The van der Waals surface area contributed by atoms with Gasteiger partial charge in [0.2, 0.25) is 0 Å². The van der Waals surface area contributed by atoms with Crippen LogP contribution in [0.3, 0.4) is 0 Å². The Bertz CT molecular complexity index is 548. The van der Waals surface area contributed by atoms with E-state index in [-0.39, 0.29) is 30.4 Å². The van der Waals surface area contributed by atoms with Crippen LogP contribution in [0.15, 0.2) is 21.1 Å². The highest BCUT2D eigenvalue weighted by Gasteiger charge is 2.37. The van der Waals surface area contributed by atoms with E-state index in [2.05, 4.69) is 29.5 Å². The van der Waals surface area contributed by atoms with Crippen LogP contribution in [0, 0.1) is 0 Å². The maximum Gasteiger partial charge on any atom is 0.168 e. The second-order valence-corrected chi connectivity index (χ2v) is 8.65. The lowest BCUT2D eigenvalue weighted by molar-refractivity contribution is 0.385. The number of hydrogen-bond donors (Lipinski definition) is 1. The fraction of sp³-hybridized carbons (Fsp3) is 0.733. The average Bonchev–Trinajstić information content (AvgIpc) is 3.07. The molecule has 0 aromatic heterocycles. The molecule has 23 heavy (non-hydrogen) atoms. The number of nitrogens with one attached hydrogen (secondary N) is 1. The van der Waals surface area contributed by atoms with Gasteiger partial charge in [0.15, 0.2) is 10.3 Å². The van der Waals surface area contributed by atoms with Gasteiger partial charge in [-0.15, -0.1) is 24.8 Å². The van der Waals surface area contributed by atoms with Gasteiger partial charge in [-0.05, 0) is 32.1 Å². The van der Waals surface area contributed by atoms with Crippen molar-refractivity contribution in [3.8, 4) is 0 Å². The van der Waals surface area contributed by atoms with E-state index in [0.717, 1.165) is 17.5 Å². The number of aliphatic imine (C=N–C) groups is 2. The second-order valence-electron chi connectivity index (χ2n) is 6.85. The van der Waals surface area contributed by atoms with Gasteiger partial charge >= 0.3 is 0 Å². The van der Waals surface area contributed by atoms with Crippen molar-refractivity contribution < 1.29 is 0 Å². The number of nitrogens with zero attached hydrogens (tertiary/aromatic N) is 3. The van der Waals surface area contributed by atoms with E-state index in [9.17, 15) is 0 Å². The molecule has 1 aliphatic carbocycles. The van der Waals surface area contributed by atoms with Gasteiger partial charge in [0, 0.05) is 18.0 Å². The molecule has 3 heterocycles. The van der Waals surface area contributed by atoms with Crippen LogP contribution in [0.4, 0.5) is 0 Å². The minimum absolute atomic E-state index is 0. The van der Waals surface area contributed by atoms with E-state index in [1.54, 1.807) is 11.8 Å². The van der Waals surface area contributed by atoms with E-state index in [4.69, 9.17) is 9.98 Å². The molecule has 4 aliphatic rings. The lowest BCUT2D eigenvalue weighted by atomic mass is 9.92. The van der Waals surface area contributed by atoms with Crippen LogP contribution in [-0.2, 0) is 0 Å². The minimum atomic E-state index is 0. The first-order valence-electron chi connectivity index (χ1n) is 7.81. The predicted octanol–water partition coefficient (Wildman–Crippen LogP) is 3.87. The smallest absolute Gasteiger partial charge is 0.168 e. The quantitative estimate of drug-likeness (QED) is 0.771. The number of fused-ring (bicyclic) bond motifs is 2. The Morgan fingerprint density at radius 2 is 2.13 bits per heavy atom. The monoisotopic (exact) mass is 394 g/mol. The molecule has 1 fully saturated rings. The molecule has 3 aliphatic heterocycles.